The molecule has 0 unspecified atom stereocenters. The summed E-state index contributed by atoms with van der Waals surface area (Å²) in [4.78, 5) is 26.8. The highest BCUT2D eigenvalue weighted by Crippen LogP contribution is 2.18. The van der Waals surface area contributed by atoms with Gasteiger partial charge in [-0.15, -0.1) is 11.3 Å². The average molecular weight is 369 g/mol. The van der Waals surface area contributed by atoms with Gasteiger partial charge in [-0.05, 0) is 24.6 Å². The Morgan fingerprint density at radius 2 is 2.04 bits per heavy atom. The van der Waals surface area contributed by atoms with Crippen LogP contribution in [0.5, 0.6) is 0 Å². The van der Waals surface area contributed by atoms with Gasteiger partial charge in [0.25, 0.3) is 5.91 Å². The molecule has 128 valence electrons. The van der Waals surface area contributed by atoms with Gasteiger partial charge in [0.05, 0.1) is 18.5 Å². The lowest BCUT2D eigenvalue weighted by atomic mass is 10.1. The van der Waals surface area contributed by atoms with Crippen LogP contribution in [0.25, 0.3) is 0 Å². The Morgan fingerprint density at radius 3 is 2.62 bits per heavy atom. The molecule has 0 bridgehead atoms. The van der Waals surface area contributed by atoms with E-state index in [-0.39, 0.29) is 17.8 Å². The van der Waals surface area contributed by atoms with Gasteiger partial charge >= 0.3 is 5.97 Å². The van der Waals surface area contributed by atoms with E-state index in [1.807, 2.05) is 0 Å². The molecule has 0 aliphatic rings. The molecule has 0 aliphatic carbocycles. The minimum Gasteiger partial charge on any atom is -0.476 e. The van der Waals surface area contributed by atoms with Crippen molar-refractivity contribution in [3.63, 3.8) is 0 Å². The second kappa shape index (κ2) is 6.97. The number of aromatic nitrogens is 1. The van der Waals surface area contributed by atoms with Crippen LogP contribution in [-0.4, -0.2) is 36.6 Å². The minimum atomic E-state index is -3.45. The summed E-state index contributed by atoms with van der Waals surface area (Å²) in [5.74, 6) is -1.54. The van der Waals surface area contributed by atoms with Crippen LogP contribution in [0.2, 0.25) is 0 Å². The number of nitrogens with one attached hydrogen (secondary N) is 2. The van der Waals surface area contributed by atoms with E-state index in [2.05, 4.69) is 15.0 Å². The van der Waals surface area contributed by atoms with Crippen molar-refractivity contribution in [2.24, 2.45) is 0 Å². The number of carbonyl (C=O) groups excluding carboxylic acids is 1. The van der Waals surface area contributed by atoms with Crippen molar-refractivity contribution < 1.29 is 23.1 Å². The SMILES string of the molecule is Cc1ccc(C(=O)NCc2nc(C(=O)O)cs2)cc1NS(C)(=O)=O. The zero-order valence-electron chi connectivity index (χ0n) is 12.9. The van der Waals surface area contributed by atoms with Crippen LogP contribution in [0.3, 0.4) is 0 Å². The van der Waals surface area contributed by atoms with E-state index in [0.717, 1.165) is 17.6 Å². The molecule has 0 saturated heterocycles. The van der Waals surface area contributed by atoms with Gasteiger partial charge in [-0.25, -0.2) is 18.2 Å². The highest BCUT2D eigenvalue weighted by atomic mass is 32.2. The second-order valence-electron chi connectivity index (χ2n) is 5.02. The van der Waals surface area contributed by atoms with Crippen LogP contribution in [0.15, 0.2) is 23.6 Å². The largest absolute Gasteiger partial charge is 0.476 e. The van der Waals surface area contributed by atoms with Crippen LogP contribution in [0.4, 0.5) is 5.69 Å². The molecule has 0 atom stereocenters. The average Bonchev–Trinajstić information content (AvgIpc) is 2.95. The summed E-state index contributed by atoms with van der Waals surface area (Å²) in [6.45, 7) is 1.80. The van der Waals surface area contributed by atoms with Gasteiger partial charge in [0.15, 0.2) is 5.69 Å². The van der Waals surface area contributed by atoms with Crippen molar-refractivity contribution in [1.82, 2.24) is 10.3 Å². The number of hydrogen-bond donors (Lipinski definition) is 3. The van der Waals surface area contributed by atoms with Crippen molar-refractivity contribution in [3.05, 3.63) is 45.4 Å². The fraction of sp³-hybridized carbons (Fsp3) is 0.214. The molecular formula is C14H15N3O5S2. The van der Waals surface area contributed by atoms with E-state index in [9.17, 15) is 18.0 Å². The molecule has 0 radical (unpaired) electrons. The Kier molecular flexibility index (Phi) is 5.20. The van der Waals surface area contributed by atoms with E-state index in [0.29, 0.717) is 16.3 Å². The van der Waals surface area contributed by atoms with Gasteiger partial charge < -0.3 is 10.4 Å². The van der Waals surface area contributed by atoms with E-state index in [1.54, 1.807) is 19.1 Å². The third-order valence-electron chi connectivity index (χ3n) is 2.97. The molecule has 8 nitrogen and oxygen atoms in total. The normalized spacial score (nSPS) is 11.1. The first-order valence-corrected chi connectivity index (χ1v) is 9.47. The number of anilines is 1. The molecule has 1 amide bonds. The summed E-state index contributed by atoms with van der Waals surface area (Å²) >= 11 is 1.13. The molecule has 10 heteroatoms. The van der Waals surface area contributed by atoms with Crippen LogP contribution in [-0.2, 0) is 16.6 Å². The molecule has 0 saturated carbocycles. The van der Waals surface area contributed by atoms with Crippen molar-refractivity contribution >= 4 is 38.9 Å². The van der Waals surface area contributed by atoms with Gasteiger partial charge in [-0.2, -0.15) is 0 Å². The maximum absolute atomic E-state index is 12.2. The Hall–Kier alpha value is -2.46. The third-order valence-corrected chi connectivity index (χ3v) is 4.41. The first kappa shape index (κ1) is 17.9. The molecule has 2 aromatic rings. The smallest absolute Gasteiger partial charge is 0.355 e. The summed E-state index contributed by atoms with van der Waals surface area (Å²) in [6.07, 6.45) is 1.03. The Labute approximate surface area is 142 Å². The van der Waals surface area contributed by atoms with E-state index in [4.69, 9.17) is 5.11 Å². The van der Waals surface area contributed by atoms with E-state index < -0.39 is 21.9 Å². The predicted octanol–water partition coefficient (Wildman–Crippen LogP) is 1.45. The zero-order chi connectivity index (χ0) is 17.9. The van der Waals surface area contributed by atoms with Gasteiger partial charge in [-0.1, -0.05) is 6.07 Å². The maximum Gasteiger partial charge on any atom is 0.355 e. The minimum absolute atomic E-state index is 0.0702. The van der Waals surface area contributed by atoms with Gasteiger partial charge in [0.2, 0.25) is 10.0 Å². The van der Waals surface area contributed by atoms with Crippen LogP contribution >= 0.6 is 11.3 Å². The Bertz CT molecular complexity index is 890. The summed E-state index contributed by atoms with van der Waals surface area (Å²) in [5.41, 5.74) is 1.22. The van der Waals surface area contributed by atoms with Gasteiger partial charge in [0, 0.05) is 10.9 Å². The molecule has 0 aliphatic heterocycles. The Morgan fingerprint density at radius 1 is 1.33 bits per heavy atom. The van der Waals surface area contributed by atoms with Crippen LogP contribution in [0.1, 0.15) is 31.4 Å². The third kappa shape index (κ3) is 4.77. The number of rotatable bonds is 6. The number of sulfonamides is 1. The van der Waals surface area contributed by atoms with E-state index in [1.165, 1.54) is 11.4 Å². The number of thiazole rings is 1. The summed E-state index contributed by atoms with van der Waals surface area (Å²) < 4.78 is 25.0. The number of aryl methyl sites for hydroxylation is 1. The lowest BCUT2D eigenvalue weighted by Gasteiger charge is -2.10. The van der Waals surface area contributed by atoms with Crippen molar-refractivity contribution in [2.45, 2.75) is 13.5 Å². The summed E-state index contributed by atoms with van der Waals surface area (Å²) in [7, 11) is -3.45. The fourth-order valence-corrected chi connectivity index (χ4v) is 3.15. The van der Waals surface area contributed by atoms with Crippen molar-refractivity contribution in [2.75, 3.05) is 11.0 Å². The molecule has 1 heterocycles. The number of carboxylic acids is 1. The van der Waals surface area contributed by atoms with Crippen molar-refractivity contribution in [3.8, 4) is 0 Å². The standard InChI is InChI=1S/C14H15N3O5S2/c1-8-3-4-9(5-10(8)17-24(2,21)22)13(18)15-6-12-16-11(7-23-12)14(19)20/h3-5,7,17H,6H2,1-2H3,(H,15,18)(H,19,20). The first-order chi connectivity index (χ1) is 11.2. The van der Waals surface area contributed by atoms with Crippen LogP contribution < -0.4 is 10.0 Å². The van der Waals surface area contributed by atoms with Gasteiger partial charge in [-0.3, -0.25) is 9.52 Å². The molecule has 2 rings (SSSR count). The molecule has 3 N–H and O–H groups in total. The molecule has 0 spiro atoms. The van der Waals surface area contributed by atoms with Crippen LogP contribution in [0, 0.1) is 6.92 Å². The number of carboxylic acid groups (broad SMARTS) is 1. The molecule has 0 fully saturated rings. The van der Waals surface area contributed by atoms with E-state index >= 15 is 0 Å². The highest BCUT2D eigenvalue weighted by molar-refractivity contribution is 7.92. The zero-order valence-corrected chi connectivity index (χ0v) is 14.5. The first-order valence-electron chi connectivity index (χ1n) is 6.70. The number of nitrogens with zero attached hydrogens (tertiary/aromatic N) is 1. The topological polar surface area (TPSA) is 125 Å². The number of aromatic carboxylic acids is 1. The maximum atomic E-state index is 12.2. The summed E-state index contributed by atoms with van der Waals surface area (Å²) in [5, 5.41) is 13.3. The number of benzene rings is 1. The Balaban J connectivity index is 2.09. The fourth-order valence-electron chi connectivity index (χ4n) is 1.82. The summed E-state index contributed by atoms with van der Waals surface area (Å²) in [6, 6.07) is 4.65. The molecule has 1 aromatic heterocycles. The monoisotopic (exact) mass is 369 g/mol. The highest BCUT2D eigenvalue weighted by Gasteiger charge is 2.12. The lowest BCUT2D eigenvalue weighted by molar-refractivity contribution is 0.0691. The quantitative estimate of drug-likeness (QED) is 0.708. The predicted molar refractivity (Wildman–Crippen MR) is 89.9 cm³/mol. The number of amides is 1. The second-order valence-corrected chi connectivity index (χ2v) is 7.71. The molecule has 24 heavy (non-hydrogen) atoms. The van der Waals surface area contributed by atoms with Gasteiger partial charge in [0.1, 0.15) is 5.01 Å². The molecular weight excluding hydrogens is 354 g/mol. The molecule has 1 aromatic carbocycles. The number of hydrogen-bond acceptors (Lipinski definition) is 6. The van der Waals surface area contributed by atoms with Crippen molar-refractivity contribution in [1.29, 1.82) is 0 Å². The number of carbonyl (C=O) groups is 2. The lowest BCUT2D eigenvalue weighted by Crippen LogP contribution is -2.23.